The van der Waals surface area contributed by atoms with E-state index in [0.29, 0.717) is 11.3 Å². The van der Waals surface area contributed by atoms with E-state index in [2.05, 4.69) is 14.7 Å². The minimum atomic E-state index is -0.729. The second-order valence-electron chi connectivity index (χ2n) is 3.65. The monoisotopic (exact) mass is 255 g/mol. The van der Waals surface area contributed by atoms with Gasteiger partial charge in [-0.3, -0.25) is 9.78 Å². The predicted octanol–water partition coefficient (Wildman–Crippen LogP) is 1.10. The van der Waals surface area contributed by atoms with Crippen molar-refractivity contribution in [2.24, 2.45) is 0 Å². The Morgan fingerprint density at radius 2 is 2.32 bits per heavy atom. The first-order valence-electron chi connectivity index (χ1n) is 5.33. The molecule has 0 bridgehead atoms. The molecule has 6 heteroatoms. The van der Waals surface area contributed by atoms with Gasteiger partial charge in [-0.1, -0.05) is 0 Å². The third-order valence-corrected chi connectivity index (χ3v) is 2.52. The molecule has 2 aromatic rings. The number of aromatic nitrogens is 2. The number of rotatable bonds is 2. The molecule has 2 heterocycles. The number of nitrogens with one attached hydrogen (secondary N) is 1. The van der Waals surface area contributed by atoms with Crippen LogP contribution in [0, 0.1) is 11.3 Å². The molecule has 0 aliphatic rings. The zero-order valence-corrected chi connectivity index (χ0v) is 10.0. The van der Waals surface area contributed by atoms with E-state index in [4.69, 9.17) is 5.26 Å². The summed E-state index contributed by atoms with van der Waals surface area (Å²) in [6.45, 7) is 0. The Bertz CT molecular complexity index is 714. The molecule has 19 heavy (non-hydrogen) atoms. The number of esters is 1. The molecule has 6 nitrogen and oxygen atoms in total. The van der Waals surface area contributed by atoms with Crippen LogP contribution in [0.15, 0.2) is 35.4 Å². The number of aromatic amines is 1. The van der Waals surface area contributed by atoms with Crippen molar-refractivity contribution >= 4 is 5.97 Å². The molecule has 1 N–H and O–H groups in total. The Morgan fingerprint density at radius 3 is 2.89 bits per heavy atom. The van der Waals surface area contributed by atoms with Crippen LogP contribution < -0.4 is 5.56 Å². The van der Waals surface area contributed by atoms with Crippen LogP contribution in [0.5, 0.6) is 0 Å². The maximum absolute atomic E-state index is 11.8. The van der Waals surface area contributed by atoms with Crippen molar-refractivity contribution in [2.45, 2.75) is 0 Å². The molecule has 0 atom stereocenters. The summed E-state index contributed by atoms with van der Waals surface area (Å²) in [5.41, 5.74) is 0.0723. The van der Waals surface area contributed by atoms with Gasteiger partial charge in [-0.25, -0.2) is 4.79 Å². The lowest BCUT2D eigenvalue weighted by atomic mass is 10.1. The first kappa shape index (κ1) is 12.5. The predicted molar refractivity (Wildman–Crippen MR) is 66.3 cm³/mol. The first-order valence-corrected chi connectivity index (χ1v) is 5.33. The van der Waals surface area contributed by atoms with Gasteiger partial charge >= 0.3 is 5.97 Å². The number of ether oxygens (including phenoxy) is 1. The van der Waals surface area contributed by atoms with Gasteiger partial charge in [0.25, 0.3) is 5.56 Å². The number of hydrogen-bond donors (Lipinski definition) is 1. The number of hydrogen-bond acceptors (Lipinski definition) is 5. The van der Waals surface area contributed by atoms with Gasteiger partial charge in [0.1, 0.15) is 11.6 Å². The van der Waals surface area contributed by atoms with Crippen LogP contribution in [0.25, 0.3) is 11.3 Å². The van der Waals surface area contributed by atoms with Gasteiger partial charge in [-0.2, -0.15) is 5.26 Å². The standard InChI is InChI=1S/C13H9N3O3/c1-19-13(18)9-5-11(8-3-2-4-15-7-8)16-12(17)10(9)6-14/h2-5,7H,1H3,(H,16,17). The van der Waals surface area contributed by atoms with Crippen molar-refractivity contribution < 1.29 is 9.53 Å². The van der Waals surface area contributed by atoms with E-state index >= 15 is 0 Å². The summed E-state index contributed by atoms with van der Waals surface area (Å²) < 4.78 is 4.57. The molecule has 0 fully saturated rings. The summed E-state index contributed by atoms with van der Waals surface area (Å²) in [7, 11) is 1.19. The summed E-state index contributed by atoms with van der Waals surface area (Å²) in [5, 5.41) is 8.92. The largest absolute Gasteiger partial charge is 0.465 e. The van der Waals surface area contributed by atoms with E-state index in [0.717, 1.165) is 0 Å². The average molecular weight is 255 g/mol. The lowest BCUT2D eigenvalue weighted by molar-refractivity contribution is 0.0600. The average Bonchev–Trinajstić information content (AvgIpc) is 2.46. The molecule has 0 saturated heterocycles. The summed E-state index contributed by atoms with van der Waals surface area (Å²) in [5.74, 6) is -0.729. The second-order valence-corrected chi connectivity index (χ2v) is 3.65. The van der Waals surface area contributed by atoms with Crippen LogP contribution in [-0.4, -0.2) is 23.0 Å². The van der Waals surface area contributed by atoms with E-state index < -0.39 is 11.5 Å². The quantitative estimate of drug-likeness (QED) is 0.810. The third kappa shape index (κ3) is 2.35. The molecule has 0 saturated carbocycles. The van der Waals surface area contributed by atoms with Crippen LogP contribution in [0.2, 0.25) is 0 Å². The Kier molecular flexibility index (Phi) is 3.39. The van der Waals surface area contributed by atoms with Crippen molar-refractivity contribution in [1.29, 1.82) is 5.26 Å². The number of nitriles is 1. The summed E-state index contributed by atoms with van der Waals surface area (Å²) in [6, 6.07) is 6.53. The molecule has 0 spiro atoms. The van der Waals surface area contributed by atoms with Gasteiger partial charge in [0, 0.05) is 18.0 Å². The van der Waals surface area contributed by atoms with Gasteiger partial charge in [0.05, 0.1) is 18.4 Å². The van der Waals surface area contributed by atoms with Gasteiger partial charge < -0.3 is 9.72 Å². The molecule has 2 rings (SSSR count). The van der Waals surface area contributed by atoms with Crippen molar-refractivity contribution in [1.82, 2.24) is 9.97 Å². The Labute approximate surface area is 108 Å². The Hall–Kier alpha value is -2.94. The molecule has 0 amide bonds. The Balaban J connectivity index is 2.68. The zero-order chi connectivity index (χ0) is 13.8. The lowest BCUT2D eigenvalue weighted by Gasteiger charge is -2.05. The number of carbonyl (C=O) groups is 1. The molecule has 94 valence electrons. The van der Waals surface area contributed by atoms with Crippen molar-refractivity contribution in [3.8, 4) is 17.3 Å². The van der Waals surface area contributed by atoms with Gasteiger partial charge in [0.2, 0.25) is 0 Å². The molecule has 2 aromatic heterocycles. The summed E-state index contributed by atoms with van der Waals surface area (Å²) in [4.78, 5) is 29.8. The highest BCUT2D eigenvalue weighted by atomic mass is 16.5. The fourth-order valence-electron chi connectivity index (χ4n) is 1.62. The third-order valence-electron chi connectivity index (χ3n) is 2.52. The highest BCUT2D eigenvalue weighted by Crippen LogP contribution is 2.17. The zero-order valence-electron chi connectivity index (χ0n) is 10.0. The van der Waals surface area contributed by atoms with Crippen molar-refractivity contribution in [3.63, 3.8) is 0 Å². The molecule has 0 aromatic carbocycles. The summed E-state index contributed by atoms with van der Waals surface area (Å²) in [6.07, 6.45) is 3.13. The molecule has 0 aliphatic heterocycles. The van der Waals surface area contributed by atoms with Gasteiger partial charge in [-0.15, -0.1) is 0 Å². The summed E-state index contributed by atoms with van der Waals surface area (Å²) >= 11 is 0. The molecular formula is C13H9N3O3. The molecule has 0 aliphatic carbocycles. The van der Waals surface area contributed by atoms with Crippen molar-refractivity contribution in [2.75, 3.05) is 7.11 Å². The van der Waals surface area contributed by atoms with E-state index in [1.165, 1.54) is 13.2 Å². The normalized spacial score (nSPS) is 9.68. The topological polar surface area (TPSA) is 95.8 Å². The molecular weight excluding hydrogens is 246 g/mol. The number of carbonyl (C=O) groups excluding carboxylic acids is 1. The van der Waals surface area contributed by atoms with Crippen LogP contribution >= 0.6 is 0 Å². The van der Waals surface area contributed by atoms with E-state index in [9.17, 15) is 9.59 Å². The first-order chi connectivity index (χ1) is 9.17. The van der Waals surface area contributed by atoms with Crippen LogP contribution in [0.4, 0.5) is 0 Å². The lowest BCUT2D eigenvalue weighted by Crippen LogP contribution is -2.18. The van der Waals surface area contributed by atoms with Gasteiger partial charge in [-0.05, 0) is 18.2 Å². The maximum atomic E-state index is 11.8. The highest BCUT2D eigenvalue weighted by Gasteiger charge is 2.17. The Morgan fingerprint density at radius 1 is 1.53 bits per heavy atom. The maximum Gasteiger partial charge on any atom is 0.339 e. The molecule has 0 radical (unpaired) electrons. The number of nitrogens with zero attached hydrogens (tertiary/aromatic N) is 2. The van der Waals surface area contributed by atoms with Gasteiger partial charge in [0.15, 0.2) is 0 Å². The smallest absolute Gasteiger partial charge is 0.339 e. The molecule has 0 unspecified atom stereocenters. The second kappa shape index (κ2) is 5.14. The SMILES string of the molecule is COC(=O)c1cc(-c2cccnc2)[nH]c(=O)c1C#N. The van der Waals surface area contributed by atoms with Crippen LogP contribution in [-0.2, 0) is 4.74 Å². The van der Waals surface area contributed by atoms with Crippen LogP contribution in [0.3, 0.4) is 0 Å². The van der Waals surface area contributed by atoms with E-state index in [-0.39, 0.29) is 11.1 Å². The fourth-order valence-corrected chi connectivity index (χ4v) is 1.62. The fraction of sp³-hybridized carbons (Fsp3) is 0.0769. The van der Waals surface area contributed by atoms with E-state index in [1.54, 1.807) is 30.6 Å². The van der Waals surface area contributed by atoms with Crippen molar-refractivity contribution in [3.05, 3.63) is 52.1 Å². The minimum absolute atomic E-state index is 0.0624. The number of H-pyrrole nitrogens is 1. The van der Waals surface area contributed by atoms with E-state index in [1.807, 2.05) is 0 Å². The highest BCUT2D eigenvalue weighted by molar-refractivity contribution is 5.93. The number of pyridine rings is 2. The van der Waals surface area contributed by atoms with Crippen LogP contribution in [0.1, 0.15) is 15.9 Å². The minimum Gasteiger partial charge on any atom is -0.465 e. The number of methoxy groups -OCH3 is 1.